The van der Waals surface area contributed by atoms with E-state index in [-0.39, 0.29) is 23.8 Å². The summed E-state index contributed by atoms with van der Waals surface area (Å²) in [5.41, 5.74) is 2.96. The molecule has 0 aliphatic carbocycles. The molecule has 2 aliphatic rings. The Morgan fingerprint density at radius 2 is 1.80 bits per heavy atom. The monoisotopic (exact) mass is 348 g/mol. The summed E-state index contributed by atoms with van der Waals surface area (Å²) in [6, 6.07) is 0. The molecule has 2 atom stereocenters. The van der Waals surface area contributed by atoms with Gasteiger partial charge < -0.3 is 14.5 Å². The maximum absolute atomic E-state index is 12.9. The predicted octanol–water partition coefficient (Wildman–Crippen LogP) is 0.990. The molecule has 2 unspecified atom stereocenters. The van der Waals surface area contributed by atoms with E-state index < -0.39 is 0 Å². The van der Waals surface area contributed by atoms with Crippen LogP contribution in [0, 0.1) is 13.8 Å². The molecular weight excluding hydrogens is 320 g/mol. The first-order valence-electron chi connectivity index (χ1n) is 9.09. The molecule has 2 saturated heterocycles. The molecule has 0 spiro atoms. The molecule has 0 radical (unpaired) electrons. The van der Waals surface area contributed by atoms with Crippen molar-refractivity contribution in [1.29, 1.82) is 0 Å². The second kappa shape index (κ2) is 7.15. The van der Waals surface area contributed by atoms with Gasteiger partial charge in [-0.1, -0.05) is 0 Å². The highest BCUT2D eigenvalue weighted by molar-refractivity contribution is 5.85. The van der Waals surface area contributed by atoms with Gasteiger partial charge in [0.1, 0.15) is 6.10 Å². The molecule has 2 amide bonds. The van der Waals surface area contributed by atoms with Gasteiger partial charge in [0.25, 0.3) is 5.91 Å². The first-order valence-corrected chi connectivity index (χ1v) is 9.09. The van der Waals surface area contributed by atoms with Crippen LogP contribution in [0.4, 0.5) is 0 Å². The van der Waals surface area contributed by atoms with E-state index in [4.69, 9.17) is 4.74 Å². The average Bonchev–Trinajstić information content (AvgIpc) is 3.22. The summed E-state index contributed by atoms with van der Waals surface area (Å²) in [4.78, 5) is 29.0. The third kappa shape index (κ3) is 3.42. The molecule has 0 bridgehead atoms. The highest BCUT2D eigenvalue weighted by Crippen LogP contribution is 2.25. The first-order chi connectivity index (χ1) is 11.9. The minimum atomic E-state index is -0.276. The van der Waals surface area contributed by atoms with Gasteiger partial charge in [0, 0.05) is 51.1 Å². The summed E-state index contributed by atoms with van der Waals surface area (Å²) in [7, 11) is 1.90. The van der Waals surface area contributed by atoms with E-state index in [1.165, 1.54) is 0 Å². The topological polar surface area (TPSA) is 67.7 Å². The Balaban J connectivity index is 1.60. The minimum Gasteiger partial charge on any atom is -0.368 e. The Morgan fingerprint density at radius 3 is 2.32 bits per heavy atom. The van der Waals surface area contributed by atoms with Crippen LogP contribution in [0.5, 0.6) is 0 Å². The smallest absolute Gasteiger partial charge is 0.251 e. The predicted molar refractivity (Wildman–Crippen MR) is 93.2 cm³/mol. The zero-order valence-corrected chi connectivity index (χ0v) is 15.6. The lowest BCUT2D eigenvalue weighted by Crippen LogP contribution is -2.53. The number of hydrogen-bond acceptors (Lipinski definition) is 4. The molecule has 1 aromatic rings. The maximum atomic E-state index is 12.9. The molecule has 2 aliphatic heterocycles. The second-order valence-electron chi connectivity index (χ2n) is 7.08. The number of rotatable bonds is 3. The Hall–Kier alpha value is -1.89. The largest absolute Gasteiger partial charge is 0.368 e. The van der Waals surface area contributed by atoms with E-state index in [2.05, 4.69) is 5.10 Å². The third-order valence-corrected chi connectivity index (χ3v) is 5.48. The molecule has 7 nitrogen and oxygen atoms in total. The number of hydrogen-bond donors (Lipinski definition) is 0. The zero-order valence-electron chi connectivity index (χ0n) is 15.6. The van der Waals surface area contributed by atoms with Crippen LogP contribution in [0.3, 0.4) is 0 Å². The van der Waals surface area contributed by atoms with Gasteiger partial charge in [-0.3, -0.25) is 14.3 Å². The molecule has 0 aromatic carbocycles. The van der Waals surface area contributed by atoms with Gasteiger partial charge in [-0.25, -0.2) is 0 Å². The van der Waals surface area contributed by atoms with Crippen molar-refractivity contribution in [3.8, 4) is 0 Å². The Kier molecular flexibility index (Phi) is 5.13. The number of piperazine rings is 1. The molecule has 2 fully saturated rings. The van der Waals surface area contributed by atoms with E-state index in [1.54, 1.807) is 0 Å². The van der Waals surface area contributed by atoms with Crippen LogP contribution in [-0.2, 0) is 21.4 Å². The molecule has 138 valence electrons. The SMILES string of the molecule is Cc1nn(C)c(C)c1C(C)C(=O)N1CCN(C(=O)C2CCCO2)CC1. The zero-order chi connectivity index (χ0) is 18.1. The summed E-state index contributed by atoms with van der Waals surface area (Å²) in [5.74, 6) is -0.0193. The van der Waals surface area contributed by atoms with Crippen LogP contribution < -0.4 is 0 Å². The molecule has 3 heterocycles. The van der Waals surface area contributed by atoms with Crippen molar-refractivity contribution in [2.24, 2.45) is 7.05 Å². The van der Waals surface area contributed by atoms with Crippen LogP contribution >= 0.6 is 0 Å². The van der Waals surface area contributed by atoms with Crippen molar-refractivity contribution < 1.29 is 14.3 Å². The lowest BCUT2D eigenvalue weighted by molar-refractivity contribution is -0.146. The first kappa shape index (κ1) is 17.9. The number of carbonyl (C=O) groups excluding carboxylic acids is 2. The maximum Gasteiger partial charge on any atom is 0.251 e. The summed E-state index contributed by atoms with van der Waals surface area (Å²) in [5, 5.41) is 4.42. The normalized spacial score (nSPS) is 22.3. The van der Waals surface area contributed by atoms with Crippen molar-refractivity contribution >= 4 is 11.8 Å². The van der Waals surface area contributed by atoms with Gasteiger partial charge in [0.05, 0.1) is 11.6 Å². The number of carbonyl (C=O) groups is 2. The lowest BCUT2D eigenvalue weighted by Gasteiger charge is -2.37. The van der Waals surface area contributed by atoms with Crippen molar-refractivity contribution in [3.05, 3.63) is 17.0 Å². The van der Waals surface area contributed by atoms with Gasteiger partial charge in [-0.15, -0.1) is 0 Å². The molecule has 7 heteroatoms. The molecule has 0 N–H and O–H groups in total. The van der Waals surface area contributed by atoms with Crippen LogP contribution in [0.25, 0.3) is 0 Å². The second-order valence-corrected chi connectivity index (χ2v) is 7.08. The van der Waals surface area contributed by atoms with E-state index in [1.807, 2.05) is 42.3 Å². The van der Waals surface area contributed by atoms with Crippen molar-refractivity contribution in [2.45, 2.75) is 45.6 Å². The number of aryl methyl sites for hydroxylation is 2. The number of nitrogens with zero attached hydrogens (tertiary/aromatic N) is 4. The molecule has 3 rings (SSSR count). The van der Waals surface area contributed by atoms with Gasteiger partial charge in [0.15, 0.2) is 0 Å². The van der Waals surface area contributed by atoms with Gasteiger partial charge in [-0.2, -0.15) is 5.10 Å². The highest BCUT2D eigenvalue weighted by Gasteiger charge is 2.33. The number of ether oxygens (including phenoxy) is 1. The molecule has 0 saturated carbocycles. The third-order valence-electron chi connectivity index (χ3n) is 5.48. The fourth-order valence-corrected chi connectivity index (χ4v) is 3.94. The van der Waals surface area contributed by atoms with E-state index in [0.29, 0.717) is 32.8 Å². The fourth-order valence-electron chi connectivity index (χ4n) is 3.94. The van der Waals surface area contributed by atoms with Crippen LogP contribution in [0.1, 0.15) is 42.6 Å². The van der Waals surface area contributed by atoms with Crippen molar-refractivity contribution in [3.63, 3.8) is 0 Å². The Bertz CT molecular complexity index is 656. The number of amides is 2. The minimum absolute atomic E-state index is 0.0802. The van der Waals surface area contributed by atoms with Gasteiger partial charge in [0.2, 0.25) is 5.91 Å². The summed E-state index contributed by atoms with van der Waals surface area (Å²) >= 11 is 0. The fraction of sp³-hybridized carbons (Fsp3) is 0.722. The quantitative estimate of drug-likeness (QED) is 0.817. The summed E-state index contributed by atoms with van der Waals surface area (Å²) < 4.78 is 7.31. The Morgan fingerprint density at radius 1 is 1.16 bits per heavy atom. The molecule has 1 aromatic heterocycles. The van der Waals surface area contributed by atoms with Crippen molar-refractivity contribution in [1.82, 2.24) is 19.6 Å². The van der Waals surface area contributed by atoms with Crippen molar-refractivity contribution in [2.75, 3.05) is 32.8 Å². The summed E-state index contributed by atoms with van der Waals surface area (Å²) in [6.07, 6.45) is 1.49. The lowest BCUT2D eigenvalue weighted by atomic mass is 9.97. The molecular formula is C18H28N4O3. The summed E-state index contributed by atoms with van der Waals surface area (Å²) in [6.45, 7) is 8.91. The van der Waals surface area contributed by atoms with Gasteiger partial charge in [-0.05, 0) is 33.6 Å². The molecule has 25 heavy (non-hydrogen) atoms. The van der Waals surface area contributed by atoms with Crippen LogP contribution in [0.15, 0.2) is 0 Å². The van der Waals surface area contributed by atoms with Crippen LogP contribution in [-0.4, -0.2) is 70.3 Å². The highest BCUT2D eigenvalue weighted by atomic mass is 16.5. The standard InChI is InChI=1S/C18H28N4O3/c1-12(16-13(2)19-20(4)14(16)3)17(23)21-7-9-22(10-8-21)18(24)15-6-5-11-25-15/h12,15H,5-11H2,1-4H3. The van der Waals surface area contributed by atoms with Crippen LogP contribution in [0.2, 0.25) is 0 Å². The van der Waals surface area contributed by atoms with E-state index in [0.717, 1.165) is 29.8 Å². The van der Waals surface area contributed by atoms with E-state index in [9.17, 15) is 9.59 Å². The van der Waals surface area contributed by atoms with Gasteiger partial charge >= 0.3 is 0 Å². The Labute approximate surface area is 148 Å². The van der Waals surface area contributed by atoms with E-state index >= 15 is 0 Å². The average molecular weight is 348 g/mol. The number of aromatic nitrogens is 2.